The summed E-state index contributed by atoms with van der Waals surface area (Å²) in [6.07, 6.45) is 0.346. The van der Waals surface area contributed by atoms with E-state index in [0.717, 1.165) is 30.1 Å². The fraction of sp³-hybridized carbons (Fsp3) is 0.583. The van der Waals surface area contributed by atoms with Gasteiger partial charge in [0, 0.05) is 5.56 Å². The summed E-state index contributed by atoms with van der Waals surface area (Å²) < 4.78 is 40.3. The van der Waals surface area contributed by atoms with Gasteiger partial charge in [-0.3, -0.25) is 0 Å². The normalized spacial score (nSPS) is 12.2. The Bertz CT molecular complexity index is 591. The fourth-order valence-electron chi connectivity index (χ4n) is 2.11. The molecule has 0 aliphatic carbocycles. The third-order valence-electron chi connectivity index (χ3n) is 3.11. The molecule has 0 radical (unpaired) electrons. The number of nitrogen functional groups attached to an aromatic ring is 1. The molecule has 0 aliphatic rings. The molecule has 0 amide bonds. The van der Waals surface area contributed by atoms with Crippen LogP contribution < -0.4 is 5.73 Å². The van der Waals surface area contributed by atoms with Crippen LogP contribution in [0.5, 0.6) is 0 Å². The van der Waals surface area contributed by atoms with Gasteiger partial charge in [0.2, 0.25) is 0 Å². The third-order valence-corrected chi connectivity index (χ3v) is 3.11. The summed E-state index contributed by atoms with van der Waals surface area (Å²) in [6, 6.07) is 0. The van der Waals surface area contributed by atoms with Crippen molar-refractivity contribution in [2.75, 3.05) is 5.73 Å². The topological polar surface area (TPSA) is 69.1 Å². The second-order valence-electron chi connectivity index (χ2n) is 4.60. The lowest BCUT2D eigenvalue weighted by atomic mass is 10.0. The highest BCUT2D eigenvalue weighted by Crippen LogP contribution is 2.33. The Morgan fingerprint density at radius 2 is 2.00 bits per heavy atom. The van der Waals surface area contributed by atoms with Crippen molar-refractivity contribution < 1.29 is 13.2 Å². The Morgan fingerprint density at radius 1 is 1.25 bits per heavy atom. The van der Waals surface area contributed by atoms with Crippen LogP contribution in [0, 0.1) is 0 Å². The molecule has 2 heterocycles. The summed E-state index contributed by atoms with van der Waals surface area (Å²) in [5.41, 5.74) is 4.85. The molecule has 8 heteroatoms. The molecule has 2 aromatic rings. The number of alkyl halides is 3. The van der Waals surface area contributed by atoms with Gasteiger partial charge in [0.05, 0.1) is 0 Å². The predicted octanol–water partition coefficient (Wildman–Crippen LogP) is 2.85. The summed E-state index contributed by atoms with van der Waals surface area (Å²) in [4.78, 5) is 7.22. The smallest absolute Gasteiger partial charge is 0.383 e. The van der Waals surface area contributed by atoms with Crippen molar-refractivity contribution in [1.82, 2.24) is 19.6 Å². The van der Waals surface area contributed by atoms with Crippen molar-refractivity contribution in [2.24, 2.45) is 0 Å². The lowest BCUT2D eigenvalue weighted by molar-refractivity contribution is -0.141. The average molecular weight is 287 g/mol. The van der Waals surface area contributed by atoms with E-state index in [0.29, 0.717) is 6.42 Å². The molecule has 5 nitrogen and oxygen atoms in total. The Hall–Kier alpha value is -1.86. The first kappa shape index (κ1) is 14.5. The van der Waals surface area contributed by atoms with Gasteiger partial charge in [-0.25, -0.2) is 4.98 Å². The van der Waals surface area contributed by atoms with E-state index in [-0.39, 0.29) is 23.6 Å². The summed E-state index contributed by atoms with van der Waals surface area (Å²) in [5.74, 6) is -0.163. The molecule has 2 aromatic heterocycles. The Kier molecular flexibility index (Phi) is 4.10. The third kappa shape index (κ3) is 2.83. The Morgan fingerprint density at radius 3 is 2.65 bits per heavy atom. The Labute approximate surface area is 114 Å². The number of hydrogen-bond acceptors (Lipinski definition) is 4. The molecule has 0 saturated heterocycles. The number of nitrogens with two attached hydrogens (primary N) is 1. The minimum atomic E-state index is -4.54. The van der Waals surface area contributed by atoms with Gasteiger partial charge in [0.25, 0.3) is 5.78 Å². The number of aromatic nitrogens is 4. The maximum Gasteiger partial charge on any atom is 0.433 e. The first-order valence-corrected chi connectivity index (χ1v) is 6.50. The monoisotopic (exact) mass is 287 g/mol. The van der Waals surface area contributed by atoms with Gasteiger partial charge in [-0.15, -0.1) is 0 Å². The molecule has 0 aliphatic heterocycles. The molecule has 0 saturated carbocycles. The highest BCUT2D eigenvalue weighted by molar-refractivity contribution is 5.50. The molecule has 0 fully saturated rings. The van der Waals surface area contributed by atoms with E-state index in [2.05, 4.69) is 15.1 Å². The maximum absolute atomic E-state index is 13.1. The van der Waals surface area contributed by atoms with Crippen LogP contribution in [0.25, 0.3) is 5.78 Å². The van der Waals surface area contributed by atoms with Gasteiger partial charge in [0.1, 0.15) is 12.1 Å². The number of nitrogens with zero attached hydrogens (tertiary/aromatic N) is 4. The molecular weight excluding hydrogens is 271 g/mol. The molecule has 110 valence electrons. The van der Waals surface area contributed by atoms with Gasteiger partial charge in [-0.2, -0.15) is 27.8 Å². The predicted molar refractivity (Wildman–Crippen MR) is 68.0 cm³/mol. The van der Waals surface area contributed by atoms with Gasteiger partial charge < -0.3 is 5.73 Å². The zero-order chi connectivity index (χ0) is 14.8. The highest BCUT2D eigenvalue weighted by atomic mass is 19.4. The second kappa shape index (κ2) is 5.64. The van der Waals surface area contributed by atoms with Crippen LogP contribution in [0.2, 0.25) is 0 Å². The van der Waals surface area contributed by atoms with E-state index in [9.17, 15) is 13.2 Å². The van der Waals surface area contributed by atoms with Crippen molar-refractivity contribution in [3.63, 3.8) is 0 Å². The van der Waals surface area contributed by atoms with Crippen LogP contribution in [0.3, 0.4) is 0 Å². The summed E-state index contributed by atoms with van der Waals surface area (Å²) in [7, 11) is 0. The maximum atomic E-state index is 13.1. The van der Waals surface area contributed by atoms with E-state index >= 15 is 0 Å². The number of fused-ring (bicyclic) bond motifs is 1. The molecule has 0 bridgehead atoms. The number of rotatable bonds is 5. The first-order chi connectivity index (χ1) is 9.45. The van der Waals surface area contributed by atoms with Crippen molar-refractivity contribution in [3.8, 4) is 0 Å². The van der Waals surface area contributed by atoms with E-state index in [1.165, 1.54) is 0 Å². The number of anilines is 1. The van der Waals surface area contributed by atoms with E-state index in [1.807, 2.05) is 6.92 Å². The van der Waals surface area contributed by atoms with Crippen molar-refractivity contribution >= 4 is 11.6 Å². The van der Waals surface area contributed by atoms with Gasteiger partial charge in [-0.1, -0.05) is 26.2 Å². The van der Waals surface area contributed by atoms with Crippen LogP contribution in [-0.4, -0.2) is 19.6 Å². The standard InChI is InChI=1S/C12H16F3N5/c1-2-3-4-5-6-8-9(12(13,14)15)19-11-17-7-18-20(11)10(8)16/h7H,2-6,16H2,1H3. The number of unbranched alkanes of at least 4 members (excludes halogenated alkanes) is 3. The SMILES string of the molecule is CCCCCCc1c(C(F)(F)F)nc2ncnn2c1N. The molecular formula is C12H16F3N5. The van der Waals surface area contributed by atoms with Crippen LogP contribution in [0.15, 0.2) is 6.33 Å². The molecule has 0 unspecified atom stereocenters. The lowest BCUT2D eigenvalue weighted by Crippen LogP contribution is -2.17. The quantitative estimate of drug-likeness (QED) is 0.858. The minimum absolute atomic E-state index is 0.00611. The van der Waals surface area contributed by atoms with Crippen LogP contribution in [0.1, 0.15) is 43.9 Å². The van der Waals surface area contributed by atoms with Crippen molar-refractivity contribution in [3.05, 3.63) is 17.6 Å². The minimum Gasteiger partial charge on any atom is -0.383 e. The zero-order valence-corrected chi connectivity index (χ0v) is 11.1. The van der Waals surface area contributed by atoms with Gasteiger partial charge >= 0.3 is 6.18 Å². The van der Waals surface area contributed by atoms with E-state index in [4.69, 9.17) is 5.73 Å². The molecule has 2 N–H and O–H groups in total. The molecule has 20 heavy (non-hydrogen) atoms. The number of halogens is 3. The van der Waals surface area contributed by atoms with Gasteiger partial charge in [-0.05, 0) is 12.8 Å². The highest BCUT2D eigenvalue weighted by Gasteiger charge is 2.37. The van der Waals surface area contributed by atoms with Gasteiger partial charge in [0.15, 0.2) is 5.69 Å². The average Bonchev–Trinajstić information content (AvgIpc) is 2.84. The van der Waals surface area contributed by atoms with Crippen molar-refractivity contribution in [1.29, 1.82) is 0 Å². The van der Waals surface area contributed by atoms with Crippen molar-refractivity contribution in [2.45, 2.75) is 45.2 Å². The van der Waals surface area contributed by atoms with E-state index in [1.54, 1.807) is 0 Å². The summed E-state index contributed by atoms with van der Waals surface area (Å²) in [5, 5.41) is 3.80. The van der Waals surface area contributed by atoms with Crippen LogP contribution in [-0.2, 0) is 12.6 Å². The summed E-state index contributed by atoms with van der Waals surface area (Å²) >= 11 is 0. The molecule has 0 spiro atoms. The molecule has 0 aromatic carbocycles. The van der Waals surface area contributed by atoms with E-state index < -0.39 is 11.9 Å². The molecule has 0 atom stereocenters. The fourth-order valence-corrected chi connectivity index (χ4v) is 2.11. The van der Waals surface area contributed by atoms with Crippen LogP contribution in [0.4, 0.5) is 19.0 Å². The first-order valence-electron chi connectivity index (χ1n) is 6.50. The second-order valence-corrected chi connectivity index (χ2v) is 4.60. The Balaban J connectivity index is 2.40. The zero-order valence-electron chi connectivity index (χ0n) is 11.1. The largest absolute Gasteiger partial charge is 0.433 e. The lowest BCUT2D eigenvalue weighted by Gasteiger charge is -2.14. The summed E-state index contributed by atoms with van der Waals surface area (Å²) in [6.45, 7) is 2.04. The van der Waals surface area contributed by atoms with Crippen LogP contribution >= 0.6 is 0 Å². The number of hydrogen-bond donors (Lipinski definition) is 1. The molecule has 2 rings (SSSR count).